The first-order chi connectivity index (χ1) is 15.2. The van der Waals surface area contributed by atoms with Gasteiger partial charge in [-0.3, -0.25) is 9.36 Å². The van der Waals surface area contributed by atoms with Gasteiger partial charge < -0.3 is 29.9 Å². The highest BCUT2D eigenvalue weighted by atomic mass is 16.7. The van der Waals surface area contributed by atoms with Crippen LogP contribution in [0.25, 0.3) is 16.6 Å². The van der Waals surface area contributed by atoms with Gasteiger partial charge in [-0.25, -0.2) is 9.78 Å². The van der Waals surface area contributed by atoms with Crippen LogP contribution < -0.4 is 10.3 Å². The molecule has 5 unspecified atom stereocenters. The minimum Gasteiger partial charge on any atom is -0.479 e. The molecule has 0 aliphatic carbocycles. The van der Waals surface area contributed by atoms with E-state index in [1.54, 1.807) is 13.0 Å². The number of hydrogen-bond acceptors (Lipinski definition) is 8. The van der Waals surface area contributed by atoms with Crippen LogP contribution in [0.1, 0.15) is 11.4 Å². The van der Waals surface area contributed by atoms with Crippen LogP contribution in [0.2, 0.25) is 0 Å². The number of para-hydroxylation sites is 1. The number of aliphatic hydroxyl groups is 3. The van der Waals surface area contributed by atoms with E-state index >= 15 is 0 Å². The van der Waals surface area contributed by atoms with E-state index in [2.05, 4.69) is 4.98 Å². The highest BCUT2D eigenvalue weighted by molar-refractivity contribution is 5.79. The molecule has 1 aliphatic heterocycles. The SMILES string of the molecule is Cc1ccccc1-n1c(C)nc2ccc(OC3OC(C(=O)O)C(O)C(O)C3O)cc2c1=O. The van der Waals surface area contributed by atoms with E-state index in [9.17, 15) is 30.0 Å². The van der Waals surface area contributed by atoms with Crippen molar-refractivity contribution in [2.45, 2.75) is 44.6 Å². The van der Waals surface area contributed by atoms with Crippen LogP contribution in [-0.2, 0) is 9.53 Å². The van der Waals surface area contributed by atoms with Crippen LogP contribution in [0, 0.1) is 13.8 Å². The molecule has 32 heavy (non-hydrogen) atoms. The summed E-state index contributed by atoms with van der Waals surface area (Å²) in [7, 11) is 0. The molecule has 2 heterocycles. The van der Waals surface area contributed by atoms with Gasteiger partial charge in [0, 0.05) is 0 Å². The third-order valence-corrected chi connectivity index (χ3v) is 5.43. The molecule has 4 rings (SSSR count). The summed E-state index contributed by atoms with van der Waals surface area (Å²) in [5.41, 5.74) is 1.66. The van der Waals surface area contributed by atoms with E-state index in [0.29, 0.717) is 17.0 Å². The molecule has 1 fully saturated rings. The maximum atomic E-state index is 13.3. The average Bonchev–Trinajstić information content (AvgIpc) is 2.75. The van der Waals surface area contributed by atoms with Gasteiger partial charge in [-0.15, -0.1) is 0 Å². The van der Waals surface area contributed by atoms with Crippen molar-refractivity contribution in [2.24, 2.45) is 0 Å². The Morgan fingerprint density at radius 2 is 1.78 bits per heavy atom. The molecule has 1 aromatic heterocycles. The van der Waals surface area contributed by atoms with Crippen LogP contribution >= 0.6 is 0 Å². The predicted molar refractivity (Wildman–Crippen MR) is 112 cm³/mol. The summed E-state index contributed by atoms with van der Waals surface area (Å²) >= 11 is 0. The van der Waals surface area contributed by atoms with Crippen molar-refractivity contribution in [1.82, 2.24) is 9.55 Å². The van der Waals surface area contributed by atoms with Gasteiger partial charge in [-0.2, -0.15) is 0 Å². The van der Waals surface area contributed by atoms with Gasteiger partial charge in [0.15, 0.2) is 6.10 Å². The van der Waals surface area contributed by atoms with Gasteiger partial charge in [-0.1, -0.05) is 18.2 Å². The predicted octanol–water partition coefficient (Wildman–Crippen LogP) is 0.274. The minimum atomic E-state index is -1.83. The van der Waals surface area contributed by atoms with Crippen molar-refractivity contribution >= 4 is 16.9 Å². The highest BCUT2D eigenvalue weighted by Crippen LogP contribution is 2.26. The lowest BCUT2D eigenvalue weighted by Crippen LogP contribution is -2.61. The fourth-order valence-corrected chi connectivity index (χ4v) is 3.73. The first-order valence-corrected chi connectivity index (χ1v) is 9.87. The fourth-order valence-electron chi connectivity index (χ4n) is 3.73. The van der Waals surface area contributed by atoms with Gasteiger partial charge in [0.25, 0.3) is 5.56 Å². The molecular formula is C22H22N2O8. The normalized spacial score (nSPS) is 25.6. The second-order valence-corrected chi connectivity index (χ2v) is 7.62. The summed E-state index contributed by atoms with van der Waals surface area (Å²) in [5, 5.41) is 39.3. The monoisotopic (exact) mass is 442 g/mol. The van der Waals surface area contributed by atoms with E-state index in [-0.39, 0.29) is 16.7 Å². The standard InChI is InChI=1S/C22H22N2O8/c1-10-5-3-4-6-15(10)24-11(2)23-14-8-7-12(9-13(14)20(24)28)31-22-18(27)16(25)17(26)19(32-22)21(29)30/h3-9,16-19,22,25-27H,1-2H3,(H,29,30). The first kappa shape index (κ1) is 21.9. The number of aromatic nitrogens is 2. The Hall–Kier alpha value is -3.31. The van der Waals surface area contributed by atoms with Crippen molar-refractivity contribution in [1.29, 1.82) is 0 Å². The van der Waals surface area contributed by atoms with Gasteiger partial charge in [0.05, 0.1) is 16.6 Å². The van der Waals surface area contributed by atoms with Gasteiger partial charge in [0.2, 0.25) is 6.29 Å². The van der Waals surface area contributed by atoms with Crippen LogP contribution in [0.3, 0.4) is 0 Å². The Balaban J connectivity index is 1.73. The average molecular weight is 442 g/mol. The third-order valence-electron chi connectivity index (χ3n) is 5.43. The summed E-state index contributed by atoms with van der Waals surface area (Å²) in [5.74, 6) is -0.928. The summed E-state index contributed by atoms with van der Waals surface area (Å²) in [6.07, 6.45) is -8.70. The number of ether oxygens (including phenoxy) is 2. The maximum absolute atomic E-state index is 13.3. The van der Waals surface area contributed by atoms with E-state index in [4.69, 9.17) is 9.47 Å². The zero-order valence-electron chi connectivity index (χ0n) is 17.2. The lowest BCUT2D eigenvalue weighted by atomic mass is 9.99. The maximum Gasteiger partial charge on any atom is 0.335 e. The second kappa shape index (κ2) is 8.32. The Kier molecular flexibility index (Phi) is 5.70. The summed E-state index contributed by atoms with van der Waals surface area (Å²) in [6, 6.07) is 11.8. The van der Waals surface area contributed by atoms with E-state index < -0.39 is 36.7 Å². The summed E-state index contributed by atoms with van der Waals surface area (Å²) in [4.78, 5) is 29.1. The molecule has 1 aliphatic rings. The van der Waals surface area contributed by atoms with Crippen LogP contribution in [0.5, 0.6) is 5.75 Å². The number of fused-ring (bicyclic) bond motifs is 1. The number of aliphatic carboxylic acids is 1. The number of carboxylic acids is 1. The van der Waals surface area contributed by atoms with Crippen LogP contribution in [0.4, 0.5) is 0 Å². The quantitative estimate of drug-likeness (QED) is 0.446. The summed E-state index contributed by atoms with van der Waals surface area (Å²) in [6.45, 7) is 3.61. The second-order valence-electron chi connectivity index (χ2n) is 7.62. The molecule has 4 N–H and O–H groups in total. The number of hydrogen-bond donors (Lipinski definition) is 4. The number of aryl methyl sites for hydroxylation is 2. The zero-order chi connectivity index (χ0) is 23.2. The molecule has 3 aromatic rings. The Labute approximate surface area is 181 Å². The Morgan fingerprint density at radius 1 is 1.06 bits per heavy atom. The van der Waals surface area contributed by atoms with E-state index in [0.717, 1.165) is 5.56 Å². The van der Waals surface area contributed by atoms with Crippen molar-refractivity contribution in [3.05, 3.63) is 64.2 Å². The Bertz CT molecular complexity index is 1240. The molecule has 0 bridgehead atoms. The molecule has 0 spiro atoms. The van der Waals surface area contributed by atoms with E-state index in [1.165, 1.54) is 16.7 Å². The van der Waals surface area contributed by atoms with Crippen molar-refractivity contribution < 1.29 is 34.7 Å². The molecule has 1 saturated heterocycles. The van der Waals surface area contributed by atoms with Crippen LogP contribution in [-0.4, -0.2) is 66.7 Å². The molecule has 5 atom stereocenters. The van der Waals surface area contributed by atoms with Crippen LogP contribution in [0.15, 0.2) is 47.3 Å². The fraction of sp³-hybridized carbons (Fsp3) is 0.318. The highest BCUT2D eigenvalue weighted by Gasteiger charge is 2.48. The molecule has 0 saturated carbocycles. The lowest BCUT2D eigenvalue weighted by Gasteiger charge is -2.38. The van der Waals surface area contributed by atoms with E-state index in [1.807, 2.05) is 31.2 Å². The number of rotatable bonds is 4. The number of aliphatic hydroxyl groups excluding tert-OH is 3. The molecular weight excluding hydrogens is 420 g/mol. The molecule has 0 radical (unpaired) electrons. The largest absolute Gasteiger partial charge is 0.479 e. The lowest BCUT2D eigenvalue weighted by molar-refractivity contribution is -0.271. The Morgan fingerprint density at radius 3 is 2.47 bits per heavy atom. The first-order valence-electron chi connectivity index (χ1n) is 9.87. The van der Waals surface area contributed by atoms with Crippen molar-refractivity contribution in [2.75, 3.05) is 0 Å². The van der Waals surface area contributed by atoms with Gasteiger partial charge in [0.1, 0.15) is 29.9 Å². The van der Waals surface area contributed by atoms with Crippen molar-refractivity contribution in [3.8, 4) is 11.4 Å². The molecule has 10 nitrogen and oxygen atoms in total. The molecule has 168 valence electrons. The number of nitrogens with zero attached hydrogens (tertiary/aromatic N) is 2. The number of carbonyl (C=O) groups is 1. The van der Waals surface area contributed by atoms with Gasteiger partial charge in [-0.05, 0) is 43.7 Å². The summed E-state index contributed by atoms with van der Waals surface area (Å²) < 4.78 is 12.2. The molecule has 2 aromatic carbocycles. The topological polar surface area (TPSA) is 151 Å². The molecule has 10 heteroatoms. The smallest absolute Gasteiger partial charge is 0.335 e. The zero-order valence-corrected chi connectivity index (χ0v) is 17.2. The van der Waals surface area contributed by atoms with Crippen molar-refractivity contribution in [3.63, 3.8) is 0 Å². The molecule has 0 amide bonds. The minimum absolute atomic E-state index is 0.0911. The van der Waals surface area contributed by atoms with Gasteiger partial charge >= 0.3 is 5.97 Å². The third kappa shape index (κ3) is 3.73. The number of carboxylic acid groups (broad SMARTS) is 1. The number of benzene rings is 2.